The molecule has 82 valence electrons. The van der Waals surface area contributed by atoms with E-state index in [9.17, 15) is 5.11 Å². The van der Waals surface area contributed by atoms with Crippen LogP contribution < -0.4 is 5.73 Å². The largest absolute Gasteiger partial charge is 0.506 e. The SMILES string of the molecule is Cc1cc(C2(N)CCCC2)cc(Br)c1O. The van der Waals surface area contributed by atoms with E-state index < -0.39 is 0 Å². The van der Waals surface area contributed by atoms with Crippen LogP contribution in [0.4, 0.5) is 0 Å². The molecule has 0 unspecified atom stereocenters. The summed E-state index contributed by atoms with van der Waals surface area (Å²) in [5, 5.41) is 9.67. The highest BCUT2D eigenvalue weighted by atomic mass is 79.9. The zero-order valence-corrected chi connectivity index (χ0v) is 10.5. The van der Waals surface area contributed by atoms with E-state index in [0.29, 0.717) is 5.75 Å². The number of halogens is 1. The van der Waals surface area contributed by atoms with Gasteiger partial charge in [-0.3, -0.25) is 0 Å². The van der Waals surface area contributed by atoms with Crippen molar-refractivity contribution in [1.29, 1.82) is 0 Å². The summed E-state index contributed by atoms with van der Waals surface area (Å²) >= 11 is 3.36. The van der Waals surface area contributed by atoms with E-state index in [1.807, 2.05) is 19.1 Å². The van der Waals surface area contributed by atoms with Gasteiger partial charge in [0.25, 0.3) is 0 Å². The van der Waals surface area contributed by atoms with E-state index in [4.69, 9.17) is 5.73 Å². The van der Waals surface area contributed by atoms with Crippen molar-refractivity contribution in [3.05, 3.63) is 27.7 Å². The Hall–Kier alpha value is -0.540. The standard InChI is InChI=1S/C12H16BrNO/c1-8-6-9(7-10(13)11(8)15)12(14)4-2-3-5-12/h6-7,15H,2-5,14H2,1H3. The molecule has 0 amide bonds. The van der Waals surface area contributed by atoms with Crippen LogP contribution in [0.3, 0.4) is 0 Å². The topological polar surface area (TPSA) is 46.2 Å². The number of aryl methyl sites for hydroxylation is 1. The molecule has 0 aromatic heterocycles. The van der Waals surface area contributed by atoms with Crippen molar-refractivity contribution < 1.29 is 5.11 Å². The number of benzene rings is 1. The number of aromatic hydroxyl groups is 1. The van der Waals surface area contributed by atoms with Crippen molar-refractivity contribution in [3.63, 3.8) is 0 Å². The van der Waals surface area contributed by atoms with Crippen LogP contribution in [0.5, 0.6) is 5.75 Å². The van der Waals surface area contributed by atoms with E-state index in [1.54, 1.807) is 0 Å². The molecule has 3 heteroatoms. The fourth-order valence-corrected chi connectivity index (χ4v) is 2.88. The number of phenolic OH excluding ortho intramolecular Hbond substituents is 1. The van der Waals surface area contributed by atoms with Crippen LogP contribution in [0.2, 0.25) is 0 Å². The Morgan fingerprint density at radius 3 is 2.47 bits per heavy atom. The van der Waals surface area contributed by atoms with Crippen molar-refractivity contribution in [2.75, 3.05) is 0 Å². The van der Waals surface area contributed by atoms with Gasteiger partial charge in [0, 0.05) is 5.54 Å². The molecule has 1 aliphatic rings. The Balaban J connectivity index is 2.45. The van der Waals surface area contributed by atoms with Crippen molar-refractivity contribution in [2.24, 2.45) is 5.73 Å². The number of phenols is 1. The summed E-state index contributed by atoms with van der Waals surface area (Å²) in [4.78, 5) is 0. The smallest absolute Gasteiger partial charge is 0.132 e. The molecule has 1 fully saturated rings. The molecule has 1 saturated carbocycles. The summed E-state index contributed by atoms with van der Waals surface area (Å²) in [5.41, 5.74) is 8.21. The first-order valence-electron chi connectivity index (χ1n) is 5.31. The third-order valence-corrected chi connectivity index (χ3v) is 3.93. The molecule has 1 aromatic rings. The minimum atomic E-state index is -0.180. The fourth-order valence-electron chi connectivity index (χ4n) is 2.32. The van der Waals surface area contributed by atoms with Gasteiger partial charge in [-0.25, -0.2) is 0 Å². The molecule has 2 rings (SSSR count). The lowest BCUT2D eigenvalue weighted by Gasteiger charge is -2.25. The number of rotatable bonds is 1. The van der Waals surface area contributed by atoms with Gasteiger partial charge >= 0.3 is 0 Å². The molecule has 0 heterocycles. The molecule has 0 aliphatic heterocycles. The summed E-state index contributed by atoms with van der Waals surface area (Å²) in [6.45, 7) is 1.90. The van der Waals surface area contributed by atoms with Crippen LogP contribution in [0, 0.1) is 6.92 Å². The van der Waals surface area contributed by atoms with Gasteiger partial charge in [-0.05, 0) is 52.9 Å². The first-order chi connectivity index (χ1) is 7.03. The first-order valence-corrected chi connectivity index (χ1v) is 6.11. The van der Waals surface area contributed by atoms with E-state index in [-0.39, 0.29) is 5.54 Å². The second kappa shape index (κ2) is 3.80. The fraction of sp³-hybridized carbons (Fsp3) is 0.500. The molecule has 2 nitrogen and oxygen atoms in total. The van der Waals surface area contributed by atoms with Gasteiger partial charge in [-0.1, -0.05) is 18.9 Å². The second-order valence-corrected chi connectivity index (χ2v) is 5.34. The van der Waals surface area contributed by atoms with Crippen LogP contribution in [-0.2, 0) is 5.54 Å². The van der Waals surface area contributed by atoms with Gasteiger partial charge in [-0.2, -0.15) is 0 Å². The third kappa shape index (κ3) is 1.91. The Morgan fingerprint density at radius 2 is 1.93 bits per heavy atom. The number of hydrogen-bond donors (Lipinski definition) is 2. The van der Waals surface area contributed by atoms with Gasteiger partial charge in [0.15, 0.2) is 0 Å². The normalized spacial score (nSPS) is 19.4. The molecule has 1 aromatic carbocycles. The van der Waals surface area contributed by atoms with E-state index >= 15 is 0 Å². The van der Waals surface area contributed by atoms with Gasteiger partial charge in [0.1, 0.15) is 5.75 Å². The predicted molar refractivity (Wildman–Crippen MR) is 64.9 cm³/mol. The summed E-state index contributed by atoms with van der Waals surface area (Å²) in [5.74, 6) is 0.320. The lowest BCUT2D eigenvalue weighted by atomic mass is 9.88. The lowest BCUT2D eigenvalue weighted by Crippen LogP contribution is -2.33. The predicted octanol–water partition coefficient (Wildman–Crippen LogP) is 3.19. The maximum Gasteiger partial charge on any atom is 0.132 e. The van der Waals surface area contributed by atoms with E-state index in [2.05, 4.69) is 15.9 Å². The molecule has 3 N–H and O–H groups in total. The van der Waals surface area contributed by atoms with Gasteiger partial charge in [-0.15, -0.1) is 0 Å². The molecule has 0 atom stereocenters. The van der Waals surface area contributed by atoms with E-state index in [0.717, 1.165) is 28.4 Å². The van der Waals surface area contributed by atoms with Crippen LogP contribution in [0.25, 0.3) is 0 Å². The maximum atomic E-state index is 9.67. The highest BCUT2D eigenvalue weighted by Gasteiger charge is 2.31. The van der Waals surface area contributed by atoms with Crippen LogP contribution in [0.1, 0.15) is 36.8 Å². The molecular weight excluding hydrogens is 254 g/mol. The quantitative estimate of drug-likeness (QED) is 0.823. The third-order valence-electron chi connectivity index (χ3n) is 3.32. The summed E-state index contributed by atoms with van der Waals surface area (Å²) in [7, 11) is 0. The Morgan fingerprint density at radius 1 is 1.33 bits per heavy atom. The van der Waals surface area contributed by atoms with Gasteiger partial charge < -0.3 is 10.8 Å². The van der Waals surface area contributed by atoms with Crippen LogP contribution in [0.15, 0.2) is 16.6 Å². The van der Waals surface area contributed by atoms with Crippen molar-refractivity contribution in [2.45, 2.75) is 38.1 Å². The van der Waals surface area contributed by atoms with Crippen molar-refractivity contribution in [3.8, 4) is 5.75 Å². The molecule has 15 heavy (non-hydrogen) atoms. The highest BCUT2D eigenvalue weighted by Crippen LogP contribution is 2.40. The minimum Gasteiger partial charge on any atom is -0.506 e. The zero-order chi connectivity index (χ0) is 11.1. The first kappa shape index (κ1) is 11.0. The lowest BCUT2D eigenvalue weighted by molar-refractivity contribution is 0.451. The number of nitrogens with two attached hydrogens (primary N) is 1. The molecule has 0 radical (unpaired) electrons. The molecule has 0 spiro atoms. The summed E-state index contributed by atoms with van der Waals surface area (Å²) in [6, 6.07) is 3.96. The zero-order valence-electron chi connectivity index (χ0n) is 8.89. The Kier molecular flexibility index (Phi) is 2.77. The molecule has 1 aliphatic carbocycles. The molecule has 0 bridgehead atoms. The Labute approximate surface area is 98.6 Å². The van der Waals surface area contributed by atoms with Crippen molar-refractivity contribution >= 4 is 15.9 Å². The average molecular weight is 270 g/mol. The molecular formula is C12H16BrNO. The maximum absolute atomic E-state index is 9.67. The van der Waals surface area contributed by atoms with Gasteiger partial charge in [0.05, 0.1) is 4.47 Å². The van der Waals surface area contributed by atoms with Crippen molar-refractivity contribution in [1.82, 2.24) is 0 Å². The summed E-state index contributed by atoms with van der Waals surface area (Å²) < 4.78 is 0.745. The minimum absolute atomic E-state index is 0.180. The highest BCUT2D eigenvalue weighted by molar-refractivity contribution is 9.10. The monoisotopic (exact) mass is 269 g/mol. The second-order valence-electron chi connectivity index (χ2n) is 4.49. The van der Waals surface area contributed by atoms with E-state index in [1.165, 1.54) is 12.8 Å². The van der Waals surface area contributed by atoms with Crippen LogP contribution in [-0.4, -0.2) is 5.11 Å². The Bertz CT molecular complexity index is 360. The number of hydrogen-bond acceptors (Lipinski definition) is 2. The summed E-state index contributed by atoms with van der Waals surface area (Å²) in [6.07, 6.45) is 4.50. The average Bonchev–Trinajstić information content (AvgIpc) is 2.62. The van der Waals surface area contributed by atoms with Crippen LogP contribution >= 0.6 is 15.9 Å². The van der Waals surface area contributed by atoms with Gasteiger partial charge in [0.2, 0.25) is 0 Å². The molecule has 0 saturated heterocycles.